The van der Waals surface area contributed by atoms with Gasteiger partial charge in [-0.1, -0.05) is 23.7 Å². The van der Waals surface area contributed by atoms with Crippen LogP contribution in [0.15, 0.2) is 53.4 Å². The molecule has 1 unspecified atom stereocenters. The van der Waals surface area contributed by atoms with Gasteiger partial charge in [-0.15, -0.1) is 0 Å². The van der Waals surface area contributed by atoms with Gasteiger partial charge >= 0.3 is 5.97 Å². The number of halogens is 1. The molecule has 2 aromatic carbocycles. The highest BCUT2D eigenvalue weighted by Crippen LogP contribution is 2.24. The summed E-state index contributed by atoms with van der Waals surface area (Å²) in [6.07, 6.45) is -0.130. The molecule has 0 heterocycles. The summed E-state index contributed by atoms with van der Waals surface area (Å²) in [5.41, 5.74) is 0.629. The Morgan fingerprint density at radius 1 is 1.04 bits per heavy atom. The molecule has 2 rings (SSSR count). The van der Waals surface area contributed by atoms with Gasteiger partial charge in [0, 0.05) is 5.02 Å². The van der Waals surface area contributed by atoms with Gasteiger partial charge < -0.3 is 9.47 Å². The number of carbonyl (C=O) groups excluding carboxylic acids is 1. The van der Waals surface area contributed by atoms with Gasteiger partial charge in [0.25, 0.3) is 0 Å². The van der Waals surface area contributed by atoms with E-state index in [0.29, 0.717) is 22.9 Å². The zero-order chi connectivity index (χ0) is 19.9. The fourth-order valence-electron chi connectivity index (χ4n) is 2.45. The number of hydrogen-bond acceptors (Lipinski definition) is 5. The van der Waals surface area contributed by atoms with Crippen LogP contribution in [0, 0.1) is 0 Å². The summed E-state index contributed by atoms with van der Waals surface area (Å²) in [6.45, 7) is 4.31. The fourth-order valence-corrected chi connectivity index (χ4v) is 3.80. The van der Waals surface area contributed by atoms with Gasteiger partial charge in [-0.05, 0) is 55.8 Å². The van der Waals surface area contributed by atoms with Crippen LogP contribution in [0.25, 0.3) is 0 Å². The third kappa shape index (κ3) is 6.23. The first-order chi connectivity index (χ1) is 12.9. The monoisotopic (exact) mass is 411 g/mol. The summed E-state index contributed by atoms with van der Waals surface area (Å²) in [5, 5.41) is 0.434. The maximum absolute atomic E-state index is 12.7. The molecule has 0 fully saturated rings. The lowest BCUT2D eigenvalue weighted by atomic mass is 10.0. The standard InChI is InChI=1S/C19H22ClNO5S/c1-3-25-16-9-5-14(6-10-16)18(13-19(22)26-4-2)21-27(23,24)17-11-7-15(20)8-12-17/h5-12,18,21H,3-4,13H2,1-2H3. The van der Waals surface area contributed by atoms with Crippen molar-refractivity contribution < 1.29 is 22.7 Å². The quantitative estimate of drug-likeness (QED) is 0.636. The highest BCUT2D eigenvalue weighted by Gasteiger charge is 2.24. The number of carbonyl (C=O) groups is 1. The molecular weight excluding hydrogens is 390 g/mol. The third-order valence-electron chi connectivity index (χ3n) is 3.69. The second-order valence-corrected chi connectivity index (χ2v) is 7.79. The summed E-state index contributed by atoms with van der Waals surface area (Å²) in [4.78, 5) is 12.0. The molecule has 1 atom stereocenters. The van der Waals surface area contributed by atoms with Crippen LogP contribution in [-0.2, 0) is 19.6 Å². The highest BCUT2D eigenvalue weighted by molar-refractivity contribution is 7.89. The van der Waals surface area contributed by atoms with E-state index in [1.165, 1.54) is 24.3 Å². The number of ether oxygens (including phenoxy) is 2. The van der Waals surface area contributed by atoms with Gasteiger partial charge in [0.1, 0.15) is 5.75 Å². The normalized spacial score (nSPS) is 12.4. The van der Waals surface area contributed by atoms with Crippen LogP contribution in [0.1, 0.15) is 31.9 Å². The summed E-state index contributed by atoms with van der Waals surface area (Å²) in [5.74, 6) is 0.173. The molecule has 0 spiro atoms. The molecule has 2 aromatic rings. The van der Waals surface area contributed by atoms with Gasteiger partial charge in [0.15, 0.2) is 0 Å². The minimum Gasteiger partial charge on any atom is -0.494 e. The van der Waals surface area contributed by atoms with Crippen LogP contribution in [0.3, 0.4) is 0 Å². The average Bonchev–Trinajstić information content (AvgIpc) is 2.62. The van der Waals surface area contributed by atoms with Crippen molar-refractivity contribution in [1.29, 1.82) is 0 Å². The minimum absolute atomic E-state index is 0.0618. The van der Waals surface area contributed by atoms with E-state index in [4.69, 9.17) is 21.1 Å². The summed E-state index contributed by atoms with van der Waals surface area (Å²) in [7, 11) is -3.85. The lowest BCUT2D eigenvalue weighted by Gasteiger charge is -2.19. The highest BCUT2D eigenvalue weighted by atomic mass is 35.5. The first-order valence-electron chi connectivity index (χ1n) is 8.52. The van der Waals surface area contributed by atoms with Crippen LogP contribution in [0.5, 0.6) is 5.75 Å². The Balaban J connectivity index is 2.28. The number of hydrogen-bond donors (Lipinski definition) is 1. The topological polar surface area (TPSA) is 81.7 Å². The molecule has 0 amide bonds. The van der Waals surface area contributed by atoms with Crippen LogP contribution in [0.4, 0.5) is 0 Å². The van der Waals surface area contributed by atoms with Gasteiger partial charge in [-0.2, -0.15) is 0 Å². The van der Waals surface area contributed by atoms with Crippen molar-refractivity contribution in [3.63, 3.8) is 0 Å². The van der Waals surface area contributed by atoms with E-state index in [1.54, 1.807) is 31.2 Å². The second kappa shape index (κ2) is 9.73. The van der Waals surface area contributed by atoms with E-state index in [-0.39, 0.29) is 17.9 Å². The van der Waals surface area contributed by atoms with E-state index in [1.807, 2.05) is 6.92 Å². The number of benzene rings is 2. The second-order valence-electron chi connectivity index (χ2n) is 5.64. The van der Waals surface area contributed by atoms with Gasteiger partial charge in [-0.25, -0.2) is 13.1 Å². The van der Waals surface area contributed by atoms with Crippen LogP contribution < -0.4 is 9.46 Å². The molecule has 0 saturated heterocycles. The lowest BCUT2D eigenvalue weighted by molar-refractivity contribution is -0.143. The number of sulfonamides is 1. The molecule has 0 saturated carbocycles. The van der Waals surface area contributed by atoms with E-state index in [9.17, 15) is 13.2 Å². The first kappa shape index (κ1) is 21.2. The van der Waals surface area contributed by atoms with Crippen molar-refractivity contribution >= 4 is 27.6 Å². The Morgan fingerprint density at radius 3 is 2.22 bits per heavy atom. The molecule has 0 aromatic heterocycles. The largest absolute Gasteiger partial charge is 0.494 e. The predicted octanol–water partition coefficient (Wildman–Crippen LogP) is 3.71. The van der Waals surface area contributed by atoms with E-state index in [2.05, 4.69) is 4.72 Å². The molecule has 0 aliphatic heterocycles. The maximum Gasteiger partial charge on any atom is 0.307 e. The molecule has 0 radical (unpaired) electrons. The Kier molecular flexibility index (Phi) is 7.65. The summed E-state index contributed by atoms with van der Waals surface area (Å²) in [6, 6.07) is 11.9. The molecule has 0 aliphatic carbocycles. The zero-order valence-electron chi connectivity index (χ0n) is 15.1. The summed E-state index contributed by atoms with van der Waals surface area (Å²) >= 11 is 5.82. The SMILES string of the molecule is CCOC(=O)CC(NS(=O)(=O)c1ccc(Cl)cc1)c1ccc(OCC)cc1. The molecule has 146 valence electrons. The van der Waals surface area contributed by atoms with Crippen LogP contribution in [-0.4, -0.2) is 27.6 Å². The van der Waals surface area contributed by atoms with Crippen LogP contribution in [0.2, 0.25) is 5.02 Å². The first-order valence-corrected chi connectivity index (χ1v) is 10.4. The smallest absolute Gasteiger partial charge is 0.307 e. The third-order valence-corrected chi connectivity index (χ3v) is 5.43. The number of rotatable bonds is 9. The molecule has 6 nitrogen and oxygen atoms in total. The Morgan fingerprint density at radius 2 is 1.67 bits per heavy atom. The van der Waals surface area contributed by atoms with E-state index < -0.39 is 22.0 Å². The van der Waals surface area contributed by atoms with E-state index >= 15 is 0 Å². The predicted molar refractivity (Wildman–Crippen MR) is 103 cm³/mol. The zero-order valence-corrected chi connectivity index (χ0v) is 16.7. The Labute approximate surface area is 164 Å². The van der Waals surface area contributed by atoms with Crippen molar-refractivity contribution in [3.05, 3.63) is 59.1 Å². The summed E-state index contributed by atoms with van der Waals surface area (Å²) < 4.78 is 38.4. The maximum atomic E-state index is 12.7. The van der Waals surface area contributed by atoms with Gasteiger partial charge in [0.2, 0.25) is 10.0 Å². The molecule has 27 heavy (non-hydrogen) atoms. The van der Waals surface area contributed by atoms with Crippen molar-refractivity contribution in [3.8, 4) is 5.75 Å². The molecule has 8 heteroatoms. The Hall–Kier alpha value is -2.09. The number of nitrogens with one attached hydrogen (secondary N) is 1. The lowest BCUT2D eigenvalue weighted by Crippen LogP contribution is -2.30. The van der Waals surface area contributed by atoms with Crippen molar-refractivity contribution in [2.24, 2.45) is 0 Å². The van der Waals surface area contributed by atoms with Crippen molar-refractivity contribution in [1.82, 2.24) is 4.72 Å². The molecule has 1 N–H and O–H groups in total. The van der Waals surface area contributed by atoms with Gasteiger partial charge in [-0.3, -0.25) is 4.79 Å². The molecular formula is C19H22ClNO5S. The number of esters is 1. The van der Waals surface area contributed by atoms with Crippen molar-refractivity contribution in [2.45, 2.75) is 31.2 Å². The minimum atomic E-state index is -3.85. The molecule has 0 aliphatic rings. The fraction of sp³-hybridized carbons (Fsp3) is 0.316. The average molecular weight is 412 g/mol. The Bertz CT molecular complexity index is 851. The van der Waals surface area contributed by atoms with E-state index in [0.717, 1.165) is 0 Å². The van der Waals surface area contributed by atoms with Crippen LogP contribution >= 0.6 is 11.6 Å². The van der Waals surface area contributed by atoms with Gasteiger partial charge in [0.05, 0.1) is 30.6 Å². The molecule has 0 bridgehead atoms. The van der Waals surface area contributed by atoms with Crippen molar-refractivity contribution in [2.75, 3.05) is 13.2 Å².